The molecule has 0 saturated carbocycles. The summed E-state index contributed by atoms with van der Waals surface area (Å²) in [5.74, 6) is 0.722. The molecule has 82 valence electrons. The molecule has 0 aromatic carbocycles. The van der Waals surface area contributed by atoms with Gasteiger partial charge in [-0.15, -0.1) is 0 Å². The van der Waals surface area contributed by atoms with Crippen molar-refractivity contribution in [3.63, 3.8) is 0 Å². The highest BCUT2D eigenvalue weighted by atomic mass is 16.1. The Labute approximate surface area is 89.1 Å². The van der Waals surface area contributed by atoms with E-state index in [-0.39, 0.29) is 18.5 Å². The molecule has 1 aromatic heterocycles. The number of primary amides is 1. The first-order chi connectivity index (χ1) is 7.00. The van der Waals surface area contributed by atoms with Gasteiger partial charge in [0.15, 0.2) is 0 Å². The average Bonchev–Trinajstić information content (AvgIpc) is 2.13. The van der Waals surface area contributed by atoms with Crippen LogP contribution in [0.1, 0.15) is 13.8 Å². The summed E-state index contributed by atoms with van der Waals surface area (Å²) in [5, 5.41) is 0. The SMILES string of the molecule is CC(C)N(CC(N)=O)c1cccc(N)n1. The number of nitrogens with two attached hydrogens (primary N) is 2. The molecule has 0 aliphatic rings. The minimum Gasteiger partial charge on any atom is -0.384 e. The van der Waals surface area contributed by atoms with Crippen LogP contribution >= 0.6 is 0 Å². The van der Waals surface area contributed by atoms with E-state index in [0.717, 1.165) is 0 Å². The molecule has 0 bridgehead atoms. The van der Waals surface area contributed by atoms with Crippen molar-refractivity contribution in [3.8, 4) is 0 Å². The van der Waals surface area contributed by atoms with Crippen LogP contribution in [-0.2, 0) is 4.79 Å². The van der Waals surface area contributed by atoms with Crippen molar-refractivity contribution in [2.45, 2.75) is 19.9 Å². The molecule has 5 nitrogen and oxygen atoms in total. The molecule has 0 spiro atoms. The Morgan fingerprint density at radius 1 is 1.53 bits per heavy atom. The summed E-state index contributed by atoms with van der Waals surface area (Å²) >= 11 is 0. The molecule has 0 fully saturated rings. The fourth-order valence-electron chi connectivity index (χ4n) is 1.30. The summed E-state index contributed by atoms with van der Waals surface area (Å²) in [6, 6.07) is 5.45. The van der Waals surface area contributed by atoms with E-state index in [0.29, 0.717) is 11.6 Å². The van der Waals surface area contributed by atoms with Crippen LogP contribution < -0.4 is 16.4 Å². The van der Waals surface area contributed by atoms with Crippen LogP contribution in [0, 0.1) is 0 Å². The molecule has 0 saturated heterocycles. The van der Waals surface area contributed by atoms with E-state index in [1.807, 2.05) is 13.8 Å². The number of nitrogens with zero attached hydrogens (tertiary/aromatic N) is 2. The van der Waals surface area contributed by atoms with Crippen molar-refractivity contribution < 1.29 is 4.79 Å². The molecule has 1 aromatic rings. The number of aromatic nitrogens is 1. The van der Waals surface area contributed by atoms with Crippen molar-refractivity contribution in [2.24, 2.45) is 5.73 Å². The number of hydrogen-bond donors (Lipinski definition) is 2. The van der Waals surface area contributed by atoms with Gasteiger partial charge in [-0.3, -0.25) is 4.79 Å². The van der Waals surface area contributed by atoms with E-state index in [9.17, 15) is 4.79 Å². The molecule has 0 aliphatic heterocycles. The van der Waals surface area contributed by atoms with Crippen molar-refractivity contribution in [1.82, 2.24) is 4.98 Å². The van der Waals surface area contributed by atoms with E-state index in [1.165, 1.54) is 0 Å². The number of nitrogen functional groups attached to an aromatic ring is 1. The van der Waals surface area contributed by atoms with Crippen LogP contribution in [0.4, 0.5) is 11.6 Å². The summed E-state index contributed by atoms with van der Waals surface area (Å²) < 4.78 is 0. The molecule has 0 radical (unpaired) electrons. The molecule has 1 amide bonds. The molecule has 4 N–H and O–H groups in total. The number of anilines is 2. The van der Waals surface area contributed by atoms with Gasteiger partial charge in [-0.1, -0.05) is 6.07 Å². The van der Waals surface area contributed by atoms with Gasteiger partial charge in [0.25, 0.3) is 0 Å². The standard InChI is InChI=1S/C10H16N4O/c1-7(2)14(6-9(12)15)10-5-3-4-8(11)13-10/h3-5,7H,6H2,1-2H3,(H2,11,13)(H2,12,15). The van der Waals surface area contributed by atoms with Crippen LogP contribution in [0.25, 0.3) is 0 Å². The van der Waals surface area contributed by atoms with Gasteiger partial charge in [0.05, 0.1) is 6.54 Å². The molecule has 0 aliphatic carbocycles. The lowest BCUT2D eigenvalue weighted by Gasteiger charge is -2.26. The van der Waals surface area contributed by atoms with Crippen LogP contribution in [0.5, 0.6) is 0 Å². The second kappa shape index (κ2) is 4.63. The summed E-state index contributed by atoms with van der Waals surface area (Å²) in [7, 11) is 0. The number of carbonyl (C=O) groups is 1. The summed E-state index contributed by atoms with van der Waals surface area (Å²) in [6.07, 6.45) is 0. The molecule has 1 heterocycles. The van der Waals surface area contributed by atoms with Gasteiger partial charge >= 0.3 is 0 Å². The number of amides is 1. The number of hydrogen-bond acceptors (Lipinski definition) is 4. The van der Waals surface area contributed by atoms with E-state index in [4.69, 9.17) is 11.5 Å². The van der Waals surface area contributed by atoms with Gasteiger partial charge in [0, 0.05) is 6.04 Å². The predicted octanol–water partition coefficient (Wildman–Crippen LogP) is 0.364. The van der Waals surface area contributed by atoms with E-state index in [2.05, 4.69) is 4.98 Å². The Kier molecular flexibility index (Phi) is 3.49. The lowest BCUT2D eigenvalue weighted by atomic mass is 10.3. The Balaban J connectivity index is 2.93. The Morgan fingerprint density at radius 3 is 2.67 bits per heavy atom. The second-order valence-corrected chi connectivity index (χ2v) is 3.61. The third-order valence-electron chi connectivity index (χ3n) is 2.00. The van der Waals surface area contributed by atoms with Crippen LogP contribution in [0.3, 0.4) is 0 Å². The lowest BCUT2D eigenvalue weighted by Crippen LogP contribution is -2.39. The number of carbonyl (C=O) groups excluding carboxylic acids is 1. The molecule has 15 heavy (non-hydrogen) atoms. The van der Waals surface area contributed by atoms with Crippen LogP contribution in [-0.4, -0.2) is 23.5 Å². The van der Waals surface area contributed by atoms with Gasteiger partial charge in [-0.25, -0.2) is 4.98 Å². The van der Waals surface area contributed by atoms with E-state index in [1.54, 1.807) is 23.1 Å². The molecule has 1 rings (SSSR count). The maximum Gasteiger partial charge on any atom is 0.237 e. The first kappa shape index (κ1) is 11.3. The number of rotatable bonds is 4. The molecule has 0 unspecified atom stereocenters. The molecular weight excluding hydrogens is 192 g/mol. The zero-order valence-electron chi connectivity index (χ0n) is 8.97. The largest absolute Gasteiger partial charge is 0.384 e. The van der Waals surface area contributed by atoms with Crippen molar-refractivity contribution in [3.05, 3.63) is 18.2 Å². The summed E-state index contributed by atoms with van der Waals surface area (Å²) in [5.41, 5.74) is 10.7. The third-order valence-corrected chi connectivity index (χ3v) is 2.00. The predicted molar refractivity (Wildman–Crippen MR) is 60.3 cm³/mol. The number of pyridine rings is 1. The highest BCUT2D eigenvalue weighted by Crippen LogP contribution is 2.14. The van der Waals surface area contributed by atoms with Gasteiger partial charge in [0.1, 0.15) is 11.6 Å². The molecular formula is C10H16N4O. The lowest BCUT2D eigenvalue weighted by molar-refractivity contribution is -0.116. The van der Waals surface area contributed by atoms with Crippen molar-refractivity contribution in [2.75, 3.05) is 17.2 Å². The van der Waals surface area contributed by atoms with Crippen LogP contribution in [0.15, 0.2) is 18.2 Å². The average molecular weight is 208 g/mol. The highest BCUT2D eigenvalue weighted by molar-refractivity contribution is 5.79. The minimum atomic E-state index is -0.382. The van der Waals surface area contributed by atoms with Crippen molar-refractivity contribution in [1.29, 1.82) is 0 Å². The van der Waals surface area contributed by atoms with E-state index < -0.39 is 0 Å². The monoisotopic (exact) mass is 208 g/mol. The van der Waals surface area contributed by atoms with E-state index >= 15 is 0 Å². The Morgan fingerprint density at radius 2 is 2.20 bits per heavy atom. The molecule has 5 heteroatoms. The maximum atomic E-state index is 10.9. The molecule has 0 atom stereocenters. The zero-order valence-corrected chi connectivity index (χ0v) is 8.97. The fraction of sp³-hybridized carbons (Fsp3) is 0.400. The van der Waals surface area contributed by atoms with Crippen molar-refractivity contribution >= 4 is 17.5 Å². The van der Waals surface area contributed by atoms with Crippen LogP contribution in [0.2, 0.25) is 0 Å². The smallest absolute Gasteiger partial charge is 0.237 e. The van der Waals surface area contributed by atoms with Gasteiger partial charge in [0.2, 0.25) is 5.91 Å². The minimum absolute atomic E-state index is 0.145. The second-order valence-electron chi connectivity index (χ2n) is 3.61. The van der Waals surface area contributed by atoms with Gasteiger partial charge < -0.3 is 16.4 Å². The Hall–Kier alpha value is -1.78. The third kappa shape index (κ3) is 3.12. The van der Waals surface area contributed by atoms with Gasteiger partial charge in [-0.2, -0.15) is 0 Å². The quantitative estimate of drug-likeness (QED) is 0.748. The fourth-order valence-corrected chi connectivity index (χ4v) is 1.30. The highest BCUT2D eigenvalue weighted by Gasteiger charge is 2.14. The summed E-state index contributed by atoms with van der Waals surface area (Å²) in [6.45, 7) is 4.08. The normalized spacial score (nSPS) is 10.3. The summed E-state index contributed by atoms with van der Waals surface area (Å²) in [4.78, 5) is 16.8. The Bertz CT molecular complexity index is 351. The zero-order chi connectivity index (χ0) is 11.4. The first-order valence-corrected chi connectivity index (χ1v) is 4.78. The van der Waals surface area contributed by atoms with Gasteiger partial charge in [-0.05, 0) is 26.0 Å². The first-order valence-electron chi connectivity index (χ1n) is 4.78. The topological polar surface area (TPSA) is 85.2 Å². The maximum absolute atomic E-state index is 10.9.